The molecule has 0 unspecified atom stereocenters. The van der Waals surface area contributed by atoms with E-state index in [0.29, 0.717) is 5.56 Å². The van der Waals surface area contributed by atoms with Gasteiger partial charge in [0, 0.05) is 46.1 Å². The smallest absolute Gasteiger partial charge is 0.257 e. The average Bonchev–Trinajstić information content (AvgIpc) is 3.27. The van der Waals surface area contributed by atoms with Gasteiger partial charge in [-0.15, -0.1) is 0 Å². The van der Waals surface area contributed by atoms with Crippen molar-refractivity contribution in [2.75, 3.05) is 5.32 Å². The van der Waals surface area contributed by atoms with E-state index in [9.17, 15) is 13.6 Å². The van der Waals surface area contributed by atoms with Crippen molar-refractivity contribution in [2.45, 2.75) is 4.90 Å². The molecule has 4 nitrogen and oxygen atoms in total. The van der Waals surface area contributed by atoms with Crippen LogP contribution in [-0.4, -0.2) is 14.9 Å². The van der Waals surface area contributed by atoms with E-state index in [-0.39, 0.29) is 5.69 Å². The molecule has 2 heterocycles. The first kappa shape index (κ1) is 16.4. The average molecular weight is 369 g/mol. The summed E-state index contributed by atoms with van der Waals surface area (Å²) < 4.78 is 28.0. The second kappa shape index (κ2) is 6.68. The molecule has 0 saturated carbocycles. The first-order valence-electron chi connectivity index (χ1n) is 7.78. The number of rotatable bonds is 4. The molecule has 0 fully saturated rings. The predicted octanol–water partition coefficient (Wildman–Crippen LogP) is 5.06. The molecule has 4 aromatic rings. The molecule has 0 spiro atoms. The van der Waals surface area contributed by atoms with Gasteiger partial charge in [-0.05, 0) is 54.4 Å². The van der Waals surface area contributed by atoms with Gasteiger partial charge in [0.05, 0.1) is 5.56 Å². The zero-order valence-corrected chi connectivity index (χ0v) is 14.2. The fraction of sp³-hybridized carbons (Fsp3) is 0. The number of hydrogen-bond acceptors (Lipinski definition) is 2. The first-order valence-corrected chi connectivity index (χ1v) is 8.56. The van der Waals surface area contributed by atoms with E-state index < -0.39 is 17.5 Å². The number of anilines is 1. The summed E-state index contributed by atoms with van der Waals surface area (Å²) in [5.74, 6) is -2.35. The molecule has 0 atom stereocenters. The van der Waals surface area contributed by atoms with Crippen LogP contribution < -0.4 is 5.32 Å². The van der Waals surface area contributed by atoms with E-state index >= 15 is 0 Å². The number of hydrogen-bond donors (Lipinski definition) is 2. The first-order chi connectivity index (χ1) is 12.6. The van der Waals surface area contributed by atoms with Gasteiger partial charge in [0.1, 0.15) is 0 Å². The Kier molecular flexibility index (Phi) is 4.22. The Morgan fingerprint density at radius 2 is 1.92 bits per heavy atom. The van der Waals surface area contributed by atoms with Crippen LogP contribution in [0.4, 0.5) is 14.5 Å². The van der Waals surface area contributed by atoms with Gasteiger partial charge in [0.15, 0.2) is 11.6 Å². The van der Waals surface area contributed by atoms with Gasteiger partial charge in [-0.25, -0.2) is 8.78 Å². The van der Waals surface area contributed by atoms with Crippen LogP contribution in [0.3, 0.4) is 0 Å². The summed E-state index contributed by atoms with van der Waals surface area (Å²) in [5, 5.41) is 3.66. The van der Waals surface area contributed by atoms with Crippen LogP contribution in [0.2, 0.25) is 0 Å². The van der Waals surface area contributed by atoms with E-state index in [1.165, 1.54) is 18.0 Å². The summed E-state index contributed by atoms with van der Waals surface area (Å²) in [7, 11) is 0. The highest BCUT2D eigenvalue weighted by Crippen LogP contribution is 2.25. The van der Waals surface area contributed by atoms with Crippen LogP contribution in [0.5, 0.6) is 0 Å². The second-order valence-corrected chi connectivity index (χ2v) is 6.74. The maximum absolute atomic E-state index is 13.2. The lowest BCUT2D eigenvalue weighted by Gasteiger charge is -2.04. The highest BCUT2D eigenvalue weighted by Gasteiger charge is 2.10. The molecule has 0 radical (unpaired) electrons. The molecule has 2 aromatic carbocycles. The largest absolute Gasteiger partial charge is 0.361 e. The van der Waals surface area contributed by atoms with Gasteiger partial charge >= 0.3 is 0 Å². The van der Waals surface area contributed by atoms with E-state index in [1.54, 1.807) is 18.5 Å². The molecule has 0 aliphatic rings. The van der Waals surface area contributed by atoms with Gasteiger partial charge in [-0.1, -0.05) is 0 Å². The van der Waals surface area contributed by atoms with E-state index in [1.807, 2.05) is 28.4 Å². The number of halogens is 2. The lowest BCUT2D eigenvalue weighted by molar-refractivity contribution is 0.102. The normalized spacial score (nSPS) is 11.0. The molecule has 0 aliphatic heterocycles. The SMILES string of the molecule is O=C(Nc1ccc(F)c(F)c1)c1ccn(Sc2ccc3[nH]ccc3c2)c1. The number of benzene rings is 2. The second-order valence-electron chi connectivity index (χ2n) is 5.66. The third kappa shape index (κ3) is 3.34. The molecule has 1 amide bonds. The van der Waals surface area contributed by atoms with Crippen molar-refractivity contribution >= 4 is 34.4 Å². The van der Waals surface area contributed by atoms with Crippen molar-refractivity contribution in [3.05, 3.63) is 84.3 Å². The van der Waals surface area contributed by atoms with Gasteiger partial charge in [-0.3, -0.25) is 8.77 Å². The minimum Gasteiger partial charge on any atom is -0.361 e. The van der Waals surface area contributed by atoms with Gasteiger partial charge in [-0.2, -0.15) is 0 Å². The summed E-state index contributed by atoms with van der Waals surface area (Å²) in [6, 6.07) is 12.9. The lowest BCUT2D eigenvalue weighted by Crippen LogP contribution is -2.11. The molecular weight excluding hydrogens is 356 g/mol. The molecule has 2 aromatic heterocycles. The van der Waals surface area contributed by atoms with Gasteiger partial charge in [0.25, 0.3) is 5.91 Å². The highest BCUT2D eigenvalue weighted by molar-refractivity contribution is 7.97. The van der Waals surface area contributed by atoms with Crippen molar-refractivity contribution in [2.24, 2.45) is 0 Å². The number of nitrogens with one attached hydrogen (secondary N) is 2. The van der Waals surface area contributed by atoms with Crippen molar-refractivity contribution in [1.29, 1.82) is 0 Å². The maximum atomic E-state index is 13.2. The van der Waals surface area contributed by atoms with Crippen LogP contribution in [0.1, 0.15) is 10.4 Å². The number of H-pyrrole nitrogens is 1. The number of carbonyl (C=O) groups is 1. The standard InChI is InChI=1S/C19H13F2N3OS/c20-16-3-1-14(10-17(16)21)23-19(25)13-6-8-24(11-13)26-15-2-4-18-12(9-15)5-7-22-18/h1-11,22H,(H,23,25). The van der Waals surface area contributed by atoms with Crippen molar-refractivity contribution in [1.82, 2.24) is 8.96 Å². The predicted molar refractivity (Wildman–Crippen MR) is 98.3 cm³/mol. The third-order valence-electron chi connectivity index (χ3n) is 3.84. The number of nitrogens with zero attached hydrogens (tertiary/aromatic N) is 1. The van der Waals surface area contributed by atoms with Gasteiger partial charge in [0.2, 0.25) is 0 Å². The van der Waals surface area contributed by atoms with Crippen molar-refractivity contribution in [3.63, 3.8) is 0 Å². The molecule has 4 rings (SSSR count). The number of carbonyl (C=O) groups excluding carboxylic acids is 1. The van der Waals surface area contributed by atoms with Crippen molar-refractivity contribution in [3.8, 4) is 0 Å². The number of amides is 1. The van der Waals surface area contributed by atoms with Gasteiger partial charge < -0.3 is 10.3 Å². The fourth-order valence-electron chi connectivity index (χ4n) is 2.56. The minimum absolute atomic E-state index is 0.201. The number of aromatic amines is 1. The van der Waals surface area contributed by atoms with E-state index in [2.05, 4.69) is 16.4 Å². The van der Waals surface area contributed by atoms with E-state index in [0.717, 1.165) is 27.9 Å². The third-order valence-corrected chi connectivity index (χ3v) is 4.75. The number of aromatic nitrogens is 2. The van der Waals surface area contributed by atoms with Crippen LogP contribution in [-0.2, 0) is 0 Å². The molecule has 2 N–H and O–H groups in total. The molecule has 0 saturated heterocycles. The minimum atomic E-state index is -1.00. The van der Waals surface area contributed by atoms with Crippen LogP contribution in [0, 0.1) is 11.6 Å². The lowest BCUT2D eigenvalue weighted by atomic mass is 10.2. The van der Waals surface area contributed by atoms with Crippen LogP contribution >= 0.6 is 11.9 Å². The van der Waals surface area contributed by atoms with E-state index in [4.69, 9.17) is 0 Å². The summed E-state index contributed by atoms with van der Waals surface area (Å²) in [5.41, 5.74) is 1.69. The van der Waals surface area contributed by atoms with Crippen LogP contribution in [0.15, 0.2) is 72.0 Å². The summed E-state index contributed by atoms with van der Waals surface area (Å²) in [6.07, 6.45) is 5.34. The zero-order valence-electron chi connectivity index (χ0n) is 13.4. The molecule has 130 valence electrons. The van der Waals surface area contributed by atoms with Crippen LogP contribution in [0.25, 0.3) is 10.9 Å². The Morgan fingerprint density at radius 1 is 1.04 bits per heavy atom. The Morgan fingerprint density at radius 3 is 2.77 bits per heavy atom. The summed E-state index contributed by atoms with van der Waals surface area (Å²) >= 11 is 1.47. The topological polar surface area (TPSA) is 49.8 Å². The molecule has 0 bridgehead atoms. The Bertz CT molecular complexity index is 1100. The summed E-state index contributed by atoms with van der Waals surface area (Å²) in [4.78, 5) is 16.4. The number of fused-ring (bicyclic) bond motifs is 1. The monoisotopic (exact) mass is 369 g/mol. The highest BCUT2D eigenvalue weighted by atomic mass is 32.2. The molecular formula is C19H13F2N3OS. The Balaban J connectivity index is 1.47. The Hall–Kier alpha value is -3.06. The zero-order chi connectivity index (χ0) is 18.1. The Labute approximate surface area is 152 Å². The summed E-state index contributed by atoms with van der Waals surface area (Å²) in [6.45, 7) is 0. The molecule has 7 heteroatoms. The molecule has 26 heavy (non-hydrogen) atoms. The maximum Gasteiger partial charge on any atom is 0.257 e. The fourth-order valence-corrected chi connectivity index (χ4v) is 3.40. The molecule has 0 aliphatic carbocycles. The quantitative estimate of drug-likeness (QED) is 0.529. The van der Waals surface area contributed by atoms with Crippen molar-refractivity contribution < 1.29 is 13.6 Å².